The summed E-state index contributed by atoms with van der Waals surface area (Å²) in [4.78, 5) is 37.9. The van der Waals surface area contributed by atoms with Gasteiger partial charge in [0.05, 0.1) is 12.0 Å². The summed E-state index contributed by atoms with van der Waals surface area (Å²) in [6, 6.07) is 6.32. The van der Waals surface area contributed by atoms with Crippen LogP contribution in [0.3, 0.4) is 0 Å². The number of carbonyl (C=O) groups excluding carboxylic acids is 2. The molecule has 1 aliphatic heterocycles. The van der Waals surface area contributed by atoms with Crippen molar-refractivity contribution in [2.24, 2.45) is 5.92 Å². The van der Waals surface area contributed by atoms with E-state index < -0.39 is 17.9 Å². The lowest BCUT2D eigenvalue weighted by molar-refractivity contribution is -0.142. The zero-order chi connectivity index (χ0) is 21.6. The maximum Gasteiger partial charge on any atom is 0.326 e. The molecule has 1 aromatic rings. The zero-order valence-corrected chi connectivity index (χ0v) is 18.1. The highest BCUT2D eigenvalue weighted by molar-refractivity contribution is 8.26. The van der Waals surface area contributed by atoms with Gasteiger partial charge in [0, 0.05) is 13.0 Å². The highest BCUT2D eigenvalue weighted by atomic mass is 32.2. The first kappa shape index (κ1) is 22.9. The topological polar surface area (TPSA) is 95.9 Å². The number of methoxy groups -OCH3 is 1. The molecule has 2 N–H and O–H groups in total. The number of amides is 2. The van der Waals surface area contributed by atoms with Crippen LogP contribution in [0.15, 0.2) is 29.2 Å². The monoisotopic (exact) mass is 436 g/mol. The van der Waals surface area contributed by atoms with E-state index in [-0.39, 0.29) is 24.8 Å². The fourth-order valence-corrected chi connectivity index (χ4v) is 4.03. The Labute approximate surface area is 179 Å². The van der Waals surface area contributed by atoms with Crippen molar-refractivity contribution in [3.8, 4) is 5.75 Å². The molecular formula is C20H24N2O5S2. The van der Waals surface area contributed by atoms with Gasteiger partial charge < -0.3 is 15.2 Å². The van der Waals surface area contributed by atoms with Crippen molar-refractivity contribution < 1.29 is 24.2 Å². The molecular weight excluding hydrogens is 412 g/mol. The number of carbonyl (C=O) groups is 3. The molecule has 1 saturated heterocycles. The Morgan fingerprint density at radius 1 is 1.31 bits per heavy atom. The summed E-state index contributed by atoms with van der Waals surface area (Å²) in [6.07, 6.45) is 2.05. The van der Waals surface area contributed by atoms with E-state index in [0.29, 0.717) is 15.6 Å². The van der Waals surface area contributed by atoms with Crippen LogP contribution in [-0.4, -0.2) is 51.8 Å². The Hall–Kier alpha value is -2.39. The zero-order valence-electron chi connectivity index (χ0n) is 16.5. The summed E-state index contributed by atoms with van der Waals surface area (Å²) >= 11 is 6.45. The van der Waals surface area contributed by atoms with Gasteiger partial charge >= 0.3 is 5.97 Å². The number of nitrogens with zero attached hydrogens (tertiary/aromatic N) is 1. The summed E-state index contributed by atoms with van der Waals surface area (Å²) in [5, 5.41) is 11.7. The maximum atomic E-state index is 12.6. The summed E-state index contributed by atoms with van der Waals surface area (Å²) in [6.45, 7) is 3.87. The lowest BCUT2D eigenvalue weighted by atomic mass is 10.0. The SMILES string of the molecule is COc1ccc(/C=C2/SC(=S)N(CCC(=O)N[C@@H](CC(C)C)C(=O)O)C2=O)cc1. The maximum absolute atomic E-state index is 12.6. The molecule has 1 fully saturated rings. The Bertz CT molecular complexity index is 821. The van der Waals surface area contributed by atoms with Crippen LogP contribution in [0, 0.1) is 5.92 Å². The van der Waals surface area contributed by atoms with Crippen LogP contribution in [0.25, 0.3) is 6.08 Å². The van der Waals surface area contributed by atoms with Crippen molar-refractivity contribution in [2.45, 2.75) is 32.7 Å². The summed E-state index contributed by atoms with van der Waals surface area (Å²) in [5.41, 5.74) is 0.835. The molecule has 0 aliphatic carbocycles. The fourth-order valence-electron chi connectivity index (χ4n) is 2.72. The molecule has 0 aromatic heterocycles. The smallest absolute Gasteiger partial charge is 0.326 e. The first-order valence-electron chi connectivity index (χ1n) is 9.12. The predicted octanol–water partition coefficient (Wildman–Crippen LogP) is 2.90. The third kappa shape index (κ3) is 6.57. The molecule has 2 amide bonds. The Balaban J connectivity index is 1.96. The number of rotatable bonds is 9. The van der Waals surface area contributed by atoms with Crippen LogP contribution in [0.1, 0.15) is 32.3 Å². The number of hydrogen-bond acceptors (Lipinski definition) is 6. The Kier molecular flexibility index (Phi) is 8.21. The minimum absolute atomic E-state index is 0.0237. The van der Waals surface area contributed by atoms with Gasteiger partial charge in [0.1, 0.15) is 16.1 Å². The van der Waals surface area contributed by atoms with Crippen LogP contribution in [0.5, 0.6) is 5.75 Å². The van der Waals surface area contributed by atoms with Crippen LogP contribution < -0.4 is 10.1 Å². The standard InChI is InChI=1S/C20H24N2O5S2/c1-12(2)10-15(19(25)26)21-17(23)8-9-22-18(24)16(29-20(22)28)11-13-4-6-14(27-3)7-5-13/h4-7,11-12,15H,8-10H2,1-3H3,(H,21,23)(H,25,26)/b16-11+/t15-/m0/s1. The third-order valence-corrected chi connectivity index (χ3v) is 5.57. The average Bonchev–Trinajstić information content (AvgIpc) is 2.92. The minimum atomic E-state index is -1.07. The van der Waals surface area contributed by atoms with Crippen molar-refractivity contribution in [2.75, 3.05) is 13.7 Å². The van der Waals surface area contributed by atoms with Gasteiger partial charge in [-0.1, -0.05) is 50.0 Å². The molecule has 2 rings (SSSR count). The second-order valence-corrected chi connectivity index (χ2v) is 8.62. The molecule has 7 nitrogen and oxygen atoms in total. The number of benzene rings is 1. The molecule has 0 radical (unpaired) electrons. The van der Waals surface area contributed by atoms with Gasteiger partial charge in [0.15, 0.2) is 0 Å². The van der Waals surface area contributed by atoms with E-state index in [2.05, 4.69) is 5.32 Å². The largest absolute Gasteiger partial charge is 0.497 e. The highest BCUT2D eigenvalue weighted by Gasteiger charge is 2.32. The Morgan fingerprint density at radius 2 is 1.97 bits per heavy atom. The quantitative estimate of drug-likeness (QED) is 0.454. The predicted molar refractivity (Wildman–Crippen MR) is 117 cm³/mol. The lowest BCUT2D eigenvalue weighted by Crippen LogP contribution is -2.43. The minimum Gasteiger partial charge on any atom is -0.497 e. The normalized spacial score (nSPS) is 16.4. The molecule has 1 atom stereocenters. The van der Waals surface area contributed by atoms with Gasteiger partial charge in [0.2, 0.25) is 5.91 Å². The number of carboxylic acids is 1. The number of nitrogens with one attached hydrogen (secondary N) is 1. The molecule has 1 aliphatic rings. The summed E-state index contributed by atoms with van der Waals surface area (Å²) < 4.78 is 5.49. The van der Waals surface area contributed by atoms with Crippen molar-refractivity contribution in [1.29, 1.82) is 0 Å². The van der Waals surface area contributed by atoms with E-state index in [9.17, 15) is 19.5 Å². The summed E-state index contributed by atoms with van der Waals surface area (Å²) in [5.74, 6) is -0.907. The van der Waals surface area contributed by atoms with E-state index in [4.69, 9.17) is 17.0 Å². The van der Waals surface area contributed by atoms with Gasteiger partial charge in [-0.15, -0.1) is 0 Å². The fraction of sp³-hybridized carbons (Fsp3) is 0.400. The van der Waals surface area contributed by atoms with Crippen molar-refractivity contribution in [1.82, 2.24) is 10.2 Å². The molecule has 29 heavy (non-hydrogen) atoms. The molecule has 9 heteroatoms. The molecule has 0 saturated carbocycles. The van der Waals surface area contributed by atoms with E-state index >= 15 is 0 Å². The van der Waals surface area contributed by atoms with Crippen LogP contribution in [-0.2, 0) is 14.4 Å². The second-order valence-electron chi connectivity index (χ2n) is 6.94. The van der Waals surface area contributed by atoms with E-state index in [1.807, 2.05) is 26.0 Å². The van der Waals surface area contributed by atoms with Gasteiger partial charge in [-0.05, 0) is 36.1 Å². The molecule has 156 valence electrons. The van der Waals surface area contributed by atoms with Gasteiger partial charge in [-0.3, -0.25) is 14.5 Å². The number of thioether (sulfide) groups is 1. The second kappa shape index (κ2) is 10.4. The van der Waals surface area contributed by atoms with E-state index in [1.165, 1.54) is 16.7 Å². The first-order chi connectivity index (χ1) is 13.7. The number of carboxylic acid groups (broad SMARTS) is 1. The molecule has 0 unspecified atom stereocenters. The van der Waals surface area contributed by atoms with Crippen LogP contribution in [0.4, 0.5) is 0 Å². The van der Waals surface area contributed by atoms with Crippen LogP contribution >= 0.6 is 24.0 Å². The molecule has 1 heterocycles. The van der Waals surface area contributed by atoms with Gasteiger partial charge in [0.25, 0.3) is 5.91 Å². The van der Waals surface area contributed by atoms with Crippen molar-refractivity contribution >= 4 is 52.2 Å². The lowest BCUT2D eigenvalue weighted by Gasteiger charge is -2.18. The number of hydrogen-bond donors (Lipinski definition) is 2. The summed E-state index contributed by atoms with van der Waals surface area (Å²) in [7, 11) is 1.58. The molecule has 0 bridgehead atoms. The van der Waals surface area contributed by atoms with Crippen molar-refractivity contribution in [3.63, 3.8) is 0 Å². The van der Waals surface area contributed by atoms with Crippen molar-refractivity contribution in [3.05, 3.63) is 34.7 Å². The average molecular weight is 437 g/mol. The van der Waals surface area contributed by atoms with E-state index in [0.717, 1.165) is 11.3 Å². The number of aliphatic carboxylic acids is 1. The van der Waals surface area contributed by atoms with Gasteiger partial charge in [-0.2, -0.15) is 0 Å². The van der Waals surface area contributed by atoms with E-state index in [1.54, 1.807) is 25.3 Å². The highest BCUT2D eigenvalue weighted by Crippen LogP contribution is 2.32. The third-order valence-electron chi connectivity index (χ3n) is 4.19. The van der Waals surface area contributed by atoms with Gasteiger partial charge in [-0.25, -0.2) is 4.79 Å². The van der Waals surface area contributed by atoms with Crippen LogP contribution in [0.2, 0.25) is 0 Å². The Morgan fingerprint density at radius 3 is 2.52 bits per heavy atom. The number of thiocarbonyl (C=S) groups is 1. The first-order valence-corrected chi connectivity index (χ1v) is 10.3. The molecule has 0 spiro atoms. The number of ether oxygens (including phenoxy) is 1. The molecule has 1 aromatic carbocycles.